The fraction of sp³-hybridized carbons (Fsp3) is 0.207. The molecule has 0 bridgehead atoms. The van der Waals surface area contributed by atoms with Crippen molar-refractivity contribution in [2.45, 2.75) is 25.4 Å². The summed E-state index contributed by atoms with van der Waals surface area (Å²) in [5.74, 6) is 2.05. The van der Waals surface area contributed by atoms with E-state index in [9.17, 15) is 0 Å². The van der Waals surface area contributed by atoms with Crippen LogP contribution in [0.4, 0.5) is 0 Å². The summed E-state index contributed by atoms with van der Waals surface area (Å²) in [6, 6.07) is 18.9. The summed E-state index contributed by atoms with van der Waals surface area (Å²) in [5, 5.41) is 0. The first kappa shape index (κ1) is 24.8. The molecule has 0 spiro atoms. The molecule has 0 aliphatic rings. The van der Waals surface area contributed by atoms with Crippen LogP contribution in [0.3, 0.4) is 0 Å². The maximum atomic E-state index is 6.83. The van der Waals surface area contributed by atoms with Crippen molar-refractivity contribution in [3.8, 4) is 34.0 Å². The molecule has 8 heteroatoms. The van der Waals surface area contributed by atoms with Crippen LogP contribution in [-0.2, 0) is 6.42 Å². The van der Waals surface area contributed by atoms with E-state index in [1.54, 1.807) is 38.0 Å². The van der Waals surface area contributed by atoms with E-state index < -0.39 is 6.04 Å². The van der Waals surface area contributed by atoms with Gasteiger partial charge in [-0.3, -0.25) is 4.98 Å². The highest BCUT2D eigenvalue weighted by Gasteiger charge is 2.26. The summed E-state index contributed by atoms with van der Waals surface area (Å²) in [7, 11) is 3.32. The van der Waals surface area contributed by atoms with Crippen LogP contribution in [0.2, 0.25) is 0 Å². The van der Waals surface area contributed by atoms with Gasteiger partial charge in [0.15, 0.2) is 5.82 Å². The SMILES string of the molecule is COc1ccc(OC)c(-c2c(C)sc3c(C(N)C(N)Cc4ccccc4)nc(-c4ccncc4)nc23)c1. The Labute approximate surface area is 220 Å². The van der Waals surface area contributed by atoms with Gasteiger partial charge in [0, 0.05) is 40.0 Å². The Balaban J connectivity index is 1.71. The quantitative estimate of drug-likeness (QED) is 0.290. The largest absolute Gasteiger partial charge is 0.497 e. The molecule has 4 N–H and O–H groups in total. The minimum absolute atomic E-state index is 0.331. The van der Waals surface area contributed by atoms with Crippen molar-refractivity contribution in [2.24, 2.45) is 11.5 Å². The average molecular weight is 512 g/mol. The number of rotatable bonds is 8. The topological polar surface area (TPSA) is 109 Å². The number of nitrogens with zero attached hydrogens (tertiary/aromatic N) is 3. The highest BCUT2D eigenvalue weighted by molar-refractivity contribution is 7.19. The first-order chi connectivity index (χ1) is 18.0. The lowest BCUT2D eigenvalue weighted by Gasteiger charge is -2.21. The second kappa shape index (κ2) is 10.6. The molecule has 0 saturated heterocycles. The maximum Gasteiger partial charge on any atom is 0.160 e. The van der Waals surface area contributed by atoms with Gasteiger partial charge in [-0.15, -0.1) is 11.3 Å². The first-order valence-electron chi connectivity index (χ1n) is 12.0. The van der Waals surface area contributed by atoms with E-state index in [1.807, 2.05) is 48.5 Å². The second-order valence-electron chi connectivity index (χ2n) is 8.82. The van der Waals surface area contributed by atoms with Crippen molar-refractivity contribution in [1.29, 1.82) is 0 Å². The minimum Gasteiger partial charge on any atom is -0.497 e. The van der Waals surface area contributed by atoms with Crippen LogP contribution in [0, 0.1) is 6.92 Å². The first-order valence-corrected chi connectivity index (χ1v) is 12.8. The van der Waals surface area contributed by atoms with Gasteiger partial charge >= 0.3 is 0 Å². The van der Waals surface area contributed by atoms with E-state index in [0.717, 1.165) is 54.5 Å². The Kier molecular flexibility index (Phi) is 7.14. The van der Waals surface area contributed by atoms with Crippen LogP contribution in [-0.4, -0.2) is 35.2 Å². The highest BCUT2D eigenvalue weighted by atomic mass is 32.1. The zero-order valence-corrected chi connectivity index (χ0v) is 21.8. The van der Waals surface area contributed by atoms with Crippen molar-refractivity contribution >= 4 is 21.6 Å². The standard InChI is InChI=1S/C29H29N5O2S/c1-17-24(21-16-20(35-2)9-10-23(21)36-3)26-28(37-17)27(34-29(33-26)19-11-13-32-14-12-19)25(31)22(30)15-18-7-5-4-6-8-18/h4-14,16,22,25H,15,30-31H2,1-3H3. The lowest BCUT2D eigenvalue weighted by molar-refractivity contribution is 0.404. The van der Waals surface area contributed by atoms with Gasteiger partial charge in [0.05, 0.1) is 36.2 Å². The maximum absolute atomic E-state index is 6.83. The number of benzene rings is 2. The van der Waals surface area contributed by atoms with E-state index >= 15 is 0 Å². The molecule has 37 heavy (non-hydrogen) atoms. The van der Waals surface area contributed by atoms with Crippen molar-refractivity contribution in [3.05, 3.63) is 89.2 Å². The third kappa shape index (κ3) is 4.91. The molecule has 0 radical (unpaired) electrons. The van der Waals surface area contributed by atoms with Crippen LogP contribution in [0.25, 0.3) is 32.7 Å². The second-order valence-corrected chi connectivity index (χ2v) is 10.0. The zero-order chi connectivity index (χ0) is 25.9. The molecular formula is C29H29N5O2S. The predicted octanol–water partition coefficient (Wildman–Crippen LogP) is 5.32. The Bertz CT molecular complexity index is 1520. The molecule has 0 aliphatic carbocycles. The van der Waals surface area contributed by atoms with Gasteiger partial charge in [0.25, 0.3) is 0 Å². The smallest absolute Gasteiger partial charge is 0.160 e. The fourth-order valence-electron chi connectivity index (χ4n) is 4.51. The molecule has 188 valence electrons. The van der Waals surface area contributed by atoms with Crippen LogP contribution in [0.5, 0.6) is 11.5 Å². The van der Waals surface area contributed by atoms with Crippen LogP contribution in [0.1, 0.15) is 22.2 Å². The van der Waals surface area contributed by atoms with Gasteiger partial charge in [0.2, 0.25) is 0 Å². The summed E-state index contributed by atoms with van der Waals surface area (Å²) in [6.45, 7) is 2.08. The van der Waals surface area contributed by atoms with Crippen LogP contribution < -0.4 is 20.9 Å². The number of hydrogen-bond donors (Lipinski definition) is 2. The molecule has 0 aliphatic heterocycles. The Morgan fingerprint density at radius 2 is 1.68 bits per heavy atom. The lowest BCUT2D eigenvalue weighted by atomic mass is 9.97. The molecule has 0 fully saturated rings. The molecule has 5 aromatic rings. The normalized spacial score (nSPS) is 12.9. The summed E-state index contributed by atoms with van der Waals surface area (Å²) < 4.78 is 12.2. The Hall–Kier alpha value is -3.85. The van der Waals surface area contributed by atoms with E-state index in [1.165, 1.54) is 0 Å². The van der Waals surface area contributed by atoms with Gasteiger partial charge in [-0.2, -0.15) is 0 Å². The van der Waals surface area contributed by atoms with Crippen LogP contribution in [0.15, 0.2) is 73.1 Å². The average Bonchev–Trinajstić information content (AvgIpc) is 3.28. The number of pyridine rings is 1. The summed E-state index contributed by atoms with van der Waals surface area (Å²) in [5.41, 5.74) is 18.9. The van der Waals surface area contributed by atoms with Crippen molar-refractivity contribution in [1.82, 2.24) is 15.0 Å². The van der Waals surface area contributed by atoms with Gasteiger partial charge in [-0.05, 0) is 49.2 Å². The molecular weight excluding hydrogens is 482 g/mol. The molecule has 5 rings (SSSR count). The number of aryl methyl sites for hydroxylation is 1. The van der Waals surface area contributed by atoms with E-state index in [2.05, 4.69) is 24.0 Å². The summed E-state index contributed by atoms with van der Waals surface area (Å²) >= 11 is 1.62. The van der Waals surface area contributed by atoms with Gasteiger partial charge in [0.1, 0.15) is 11.5 Å². The molecule has 3 aromatic heterocycles. The molecule has 7 nitrogen and oxygen atoms in total. The third-order valence-corrected chi connectivity index (χ3v) is 7.56. The number of nitrogens with two attached hydrogens (primary N) is 2. The molecule has 3 heterocycles. The monoisotopic (exact) mass is 511 g/mol. The zero-order valence-electron chi connectivity index (χ0n) is 21.0. The van der Waals surface area contributed by atoms with Crippen molar-refractivity contribution in [2.75, 3.05) is 14.2 Å². The lowest BCUT2D eigenvalue weighted by Crippen LogP contribution is -2.36. The highest BCUT2D eigenvalue weighted by Crippen LogP contribution is 2.45. The van der Waals surface area contributed by atoms with Gasteiger partial charge in [-0.1, -0.05) is 30.3 Å². The number of hydrogen-bond acceptors (Lipinski definition) is 8. The number of methoxy groups -OCH3 is 2. The Morgan fingerprint density at radius 1 is 0.919 bits per heavy atom. The van der Waals surface area contributed by atoms with E-state index in [0.29, 0.717) is 12.2 Å². The van der Waals surface area contributed by atoms with E-state index in [-0.39, 0.29) is 6.04 Å². The molecule has 2 unspecified atom stereocenters. The van der Waals surface area contributed by atoms with Gasteiger partial charge < -0.3 is 20.9 Å². The number of ether oxygens (including phenoxy) is 2. The van der Waals surface area contributed by atoms with Crippen molar-refractivity contribution < 1.29 is 9.47 Å². The molecule has 2 atom stereocenters. The van der Waals surface area contributed by atoms with Crippen molar-refractivity contribution in [3.63, 3.8) is 0 Å². The van der Waals surface area contributed by atoms with E-state index in [4.69, 9.17) is 30.9 Å². The predicted molar refractivity (Wildman–Crippen MR) is 149 cm³/mol. The molecule has 0 saturated carbocycles. The Morgan fingerprint density at radius 3 is 2.38 bits per heavy atom. The van der Waals surface area contributed by atoms with Gasteiger partial charge in [-0.25, -0.2) is 9.97 Å². The van der Waals surface area contributed by atoms with Crippen LogP contribution >= 0.6 is 11.3 Å². The minimum atomic E-state index is -0.496. The number of aromatic nitrogens is 3. The number of fused-ring (bicyclic) bond motifs is 1. The molecule has 0 amide bonds. The molecule has 2 aromatic carbocycles. The fourth-order valence-corrected chi connectivity index (χ4v) is 5.65. The summed E-state index contributed by atoms with van der Waals surface area (Å²) in [4.78, 5) is 15.2. The number of thiophene rings is 1. The third-order valence-electron chi connectivity index (χ3n) is 6.44. The summed E-state index contributed by atoms with van der Waals surface area (Å²) in [6.07, 6.45) is 4.10.